The van der Waals surface area contributed by atoms with E-state index in [4.69, 9.17) is 0 Å². The molecule has 25 heavy (non-hydrogen) atoms. The van der Waals surface area contributed by atoms with Crippen LogP contribution in [0.1, 0.15) is 19.3 Å². The first-order valence-corrected chi connectivity index (χ1v) is 9.02. The molecule has 1 aliphatic heterocycles. The zero-order valence-corrected chi connectivity index (χ0v) is 15.1. The first-order chi connectivity index (χ1) is 12.1. The molecule has 2 heterocycles. The van der Waals surface area contributed by atoms with Crippen molar-refractivity contribution in [1.82, 2.24) is 20.2 Å². The van der Waals surface area contributed by atoms with Gasteiger partial charge < -0.3 is 15.1 Å². The van der Waals surface area contributed by atoms with Gasteiger partial charge in [-0.3, -0.25) is 4.79 Å². The summed E-state index contributed by atoms with van der Waals surface area (Å²) in [5.41, 5.74) is 0.947. The lowest BCUT2D eigenvalue weighted by Crippen LogP contribution is -2.43. The molecule has 1 aromatic heterocycles. The van der Waals surface area contributed by atoms with Gasteiger partial charge in [0.05, 0.1) is 11.4 Å². The number of carbonyl (C=O) groups excluding carboxylic acids is 1. The minimum absolute atomic E-state index is 0.0295. The Kier molecular flexibility index (Phi) is 5.81. The standard InChI is InChI=1S/C19H27N5O/c1-23(2)11-6-10-20-19(25)15-7-5-12-24(13-15)18-16-8-3-4-9-17(16)21-14-22-18/h3-4,8-9,14-15H,5-7,10-13H2,1-2H3,(H,20,25). The zero-order chi connectivity index (χ0) is 17.6. The lowest BCUT2D eigenvalue weighted by atomic mass is 9.96. The number of para-hydroxylation sites is 1. The molecule has 3 rings (SSSR count). The van der Waals surface area contributed by atoms with Crippen LogP contribution in [-0.4, -0.2) is 61.0 Å². The summed E-state index contributed by atoms with van der Waals surface area (Å²) < 4.78 is 0. The maximum absolute atomic E-state index is 12.5. The van der Waals surface area contributed by atoms with E-state index in [0.29, 0.717) is 0 Å². The fraction of sp³-hybridized carbons (Fsp3) is 0.526. The normalized spacial score (nSPS) is 17.9. The van der Waals surface area contributed by atoms with E-state index in [-0.39, 0.29) is 11.8 Å². The predicted molar refractivity (Wildman–Crippen MR) is 101 cm³/mol. The fourth-order valence-electron chi connectivity index (χ4n) is 3.38. The van der Waals surface area contributed by atoms with Crippen LogP contribution in [0, 0.1) is 5.92 Å². The van der Waals surface area contributed by atoms with Crippen LogP contribution in [0.25, 0.3) is 10.9 Å². The smallest absolute Gasteiger partial charge is 0.224 e. The number of carbonyl (C=O) groups is 1. The molecule has 1 fully saturated rings. The van der Waals surface area contributed by atoms with Gasteiger partial charge in [-0.2, -0.15) is 0 Å². The highest BCUT2D eigenvalue weighted by Crippen LogP contribution is 2.27. The highest BCUT2D eigenvalue weighted by molar-refractivity contribution is 5.89. The Bertz CT molecular complexity index is 713. The molecule has 0 saturated carbocycles. The van der Waals surface area contributed by atoms with Crippen LogP contribution in [-0.2, 0) is 4.79 Å². The number of amides is 1. The third-order valence-corrected chi connectivity index (χ3v) is 4.69. The average molecular weight is 341 g/mol. The second-order valence-corrected chi connectivity index (χ2v) is 6.95. The molecule has 6 heteroatoms. The van der Waals surface area contributed by atoms with Crippen molar-refractivity contribution >= 4 is 22.6 Å². The second kappa shape index (κ2) is 8.25. The molecule has 1 aromatic carbocycles. The van der Waals surface area contributed by atoms with Crippen LogP contribution in [0.15, 0.2) is 30.6 Å². The molecular weight excluding hydrogens is 314 g/mol. The van der Waals surface area contributed by atoms with Gasteiger partial charge in [-0.1, -0.05) is 12.1 Å². The van der Waals surface area contributed by atoms with Gasteiger partial charge in [-0.15, -0.1) is 0 Å². The van der Waals surface area contributed by atoms with Crippen LogP contribution >= 0.6 is 0 Å². The Labute approximate surface area is 149 Å². The summed E-state index contributed by atoms with van der Waals surface area (Å²) in [6.45, 7) is 3.39. The van der Waals surface area contributed by atoms with E-state index in [1.807, 2.05) is 32.3 Å². The summed E-state index contributed by atoms with van der Waals surface area (Å²) in [5, 5.41) is 4.14. The zero-order valence-electron chi connectivity index (χ0n) is 15.1. The highest BCUT2D eigenvalue weighted by atomic mass is 16.1. The molecule has 1 N–H and O–H groups in total. The number of hydrogen-bond donors (Lipinski definition) is 1. The van der Waals surface area contributed by atoms with Crippen molar-refractivity contribution in [2.75, 3.05) is 45.2 Å². The summed E-state index contributed by atoms with van der Waals surface area (Å²) in [4.78, 5) is 25.7. The van der Waals surface area contributed by atoms with Crippen molar-refractivity contribution in [3.8, 4) is 0 Å². The van der Waals surface area contributed by atoms with E-state index in [9.17, 15) is 4.79 Å². The maximum atomic E-state index is 12.5. The van der Waals surface area contributed by atoms with Gasteiger partial charge in [0, 0.05) is 25.0 Å². The lowest BCUT2D eigenvalue weighted by Gasteiger charge is -2.33. The van der Waals surface area contributed by atoms with Crippen LogP contribution in [0.4, 0.5) is 5.82 Å². The molecule has 0 aliphatic carbocycles. The summed E-state index contributed by atoms with van der Waals surface area (Å²) in [6.07, 6.45) is 4.54. The van der Waals surface area contributed by atoms with Crippen molar-refractivity contribution < 1.29 is 4.79 Å². The van der Waals surface area contributed by atoms with E-state index in [1.165, 1.54) is 0 Å². The number of nitrogens with one attached hydrogen (secondary N) is 1. The molecule has 0 bridgehead atoms. The van der Waals surface area contributed by atoms with Crippen LogP contribution < -0.4 is 10.2 Å². The Hall–Kier alpha value is -2.21. The Morgan fingerprint density at radius 1 is 1.32 bits per heavy atom. The summed E-state index contributed by atoms with van der Waals surface area (Å²) >= 11 is 0. The van der Waals surface area contributed by atoms with Gasteiger partial charge in [0.25, 0.3) is 0 Å². The Balaban J connectivity index is 1.63. The monoisotopic (exact) mass is 341 g/mol. The number of aromatic nitrogens is 2. The molecule has 1 atom stereocenters. The van der Waals surface area contributed by atoms with Crippen molar-refractivity contribution in [3.05, 3.63) is 30.6 Å². The molecule has 134 valence electrons. The van der Waals surface area contributed by atoms with E-state index < -0.39 is 0 Å². The average Bonchev–Trinajstić information content (AvgIpc) is 2.64. The van der Waals surface area contributed by atoms with Gasteiger partial charge in [0.15, 0.2) is 0 Å². The Morgan fingerprint density at radius 2 is 2.16 bits per heavy atom. The number of rotatable bonds is 6. The first-order valence-electron chi connectivity index (χ1n) is 9.02. The number of nitrogens with zero attached hydrogens (tertiary/aromatic N) is 4. The fourth-order valence-corrected chi connectivity index (χ4v) is 3.38. The maximum Gasteiger partial charge on any atom is 0.224 e. The lowest BCUT2D eigenvalue weighted by molar-refractivity contribution is -0.125. The van der Waals surface area contributed by atoms with Crippen LogP contribution in [0.2, 0.25) is 0 Å². The number of anilines is 1. The molecule has 0 radical (unpaired) electrons. The summed E-state index contributed by atoms with van der Waals surface area (Å²) in [6, 6.07) is 8.04. The molecule has 0 spiro atoms. The van der Waals surface area contributed by atoms with Gasteiger partial charge >= 0.3 is 0 Å². The minimum Gasteiger partial charge on any atom is -0.356 e. The largest absolute Gasteiger partial charge is 0.356 e. The third-order valence-electron chi connectivity index (χ3n) is 4.69. The van der Waals surface area contributed by atoms with E-state index in [2.05, 4.69) is 31.2 Å². The van der Waals surface area contributed by atoms with Gasteiger partial charge in [-0.25, -0.2) is 9.97 Å². The number of piperidine rings is 1. The molecular formula is C19H27N5O. The number of benzene rings is 1. The molecule has 1 unspecified atom stereocenters. The topological polar surface area (TPSA) is 61.4 Å². The molecule has 6 nitrogen and oxygen atoms in total. The van der Waals surface area contributed by atoms with Crippen LogP contribution in [0.5, 0.6) is 0 Å². The summed E-state index contributed by atoms with van der Waals surface area (Å²) in [7, 11) is 4.10. The third kappa shape index (κ3) is 4.45. The van der Waals surface area contributed by atoms with Gasteiger partial charge in [0.2, 0.25) is 5.91 Å². The van der Waals surface area contributed by atoms with Crippen molar-refractivity contribution in [1.29, 1.82) is 0 Å². The first kappa shape index (κ1) is 17.6. The van der Waals surface area contributed by atoms with Gasteiger partial charge in [0.1, 0.15) is 12.1 Å². The van der Waals surface area contributed by atoms with Crippen molar-refractivity contribution in [3.63, 3.8) is 0 Å². The molecule has 1 amide bonds. The highest BCUT2D eigenvalue weighted by Gasteiger charge is 2.27. The molecule has 1 saturated heterocycles. The van der Waals surface area contributed by atoms with Gasteiger partial charge in [-0.05, 0) is 52.0 Å². The number of fused-ring (bicyclic) bond motifs is 1. The van der Waals surface area contributed by atoms with E-state index >= 15 is 0 Å². The van der Waals surface area contributed by atoms with Crippen LogP contribution in [0.3, 0.4) is 0 Å². The minimum atomic E-state index is 0.0295. The van der Waals surface area contributed by atoms with Crippen molar-refractivity contribution in [2.45, 2.75) is 19.3 Å². The summed E-state index contributed by atoms with van der Waals surface area (Å²) in [5.74, 6) is 1.14. The Morgan fingerprint density at radius 3 is 3.00 bits per heavy atom. The number of hydrogen-bond acceptors (Lipinski definition) is 5. The molecule has 2 aromatic rings. The molecule has 1 aliphatic rings. The van der Waals surface area contributed by atoms with E-state index in [1.54, 1.807) is 6.33 Å². The SMILES string of the molecule is CN(C)CCCNC(=O)C1CCCN(c2ncnc3ccccc23)C1. The predicted octanol–water partition coefficient (Wildman–Crippen LogP) is 1.91. The second-order valence-electron chi connectivity index (χ2n) is 6.95. The van der Waals surface area contributed by atoms with Crippen molar-refractivity contribution in [2.24, 2.45) is 5.92 Å². The van der Waals surface area contributed by atoms with E-state index in [0.717, 1.165) is 62.2 Å². The quantitative estimate of drug-likeness (QED) is 0.814.